The molecule has 0 spiro atoms. The topological polar surface area (TPSA) is 56.1 Å². The fourth-order valence-corrected chi connectivity index (χ4v) is 1.71. The van der Waals surface area contributed by atoms with Gasteiger partial charge in [-0.15, -0.1) is 0 Å². The van der Waals surface area contributed by atoms with Crippen molar-refractivity contribution in [2.45, 2.75) is 12.5 Å². The number of hydrogen-bond donors (Lipinski definition) is 1. The smallest absolute Gasteiger partial charge is 0.224 e. The summed E-state index contributed by atoms with van der Waals surface area (Å²) in [4.78, 5) is 13.2. The molecule has 0 atom stereocenters. The largest absolute Gasteiger partial charge is 0.349 e. The van der Waals surface area contributed by atoms with Crippen LogP contribution in [0.25, 0.3) is 0 Å². The Morgan fingerprint density at radius 1 is 1.44 bits per heavy atom. The van der Waals surface area contributed by atoms with Crippen LogP contribution < -0.4 is 5.32 Å². The van der Waals surface area contributed by atoms with E-state index in [1.54, 1.807) is 4.90 Å². The second-order valence-corrected chi connectivity index (χ2v) is 3.93. The summed E-state index contributed by atoms with van der Waals surface area (Å²) in [6.07, 6.45) is 2.44. The summed E-state index contributed by atoms with van der Waals surface area (Å²) in [5.41, 5.74) is 1.01. The van der Waals surface area contributed by atoms with Crippen molar-refractivity contribution in [3.63, 3.8) is 0 Å². The van der Waals surface area contributed by atoms with E-state index in [0.29, 0.717) is 19.5 Å². The van der Waals surface area contributed by atoms with Crippen molar-refractivity contribution in [1.29, 1.82) is 5.26 Å². The van der Waals surface area contributed by atoms with E-state index in [1.165, 1.54) is 0 Å². The van der Waals surface area contributed by atoms with Gasteiger partial charge in [-0.1, -0.05) is 30.3 Å². The van der Waals surface area contributed by atoms with Crippen molar-refractivity contribution >= 4 is 5.91 Å². The predicted molar refractivity (Wildman–Crippen MR) is 59.3 cm³/mol. The Morgan fingerprint density at radius 2 is 2.12 bits per heavy atom. The molecule has 4 nitrogen and oxygen atoms in total. The van der Waals surface area contributed by atoms with E-state index in [0.717, 1.165) is 5.56 Å². The Morgan fingerprint density at radius 3 is 2.75 bits per heavy atom. The molecule has 2 rings (SSSR count). The standard InChI is InChI=1S/C12H13N3O/c13-9-15-7-11(8-15)14-12(16)6-10-4-2-1-3-5-10/h1-5,11H,6-8H2,(H,14,16). The maximum Gasteiger partial charge on any atom is 0.224 e. The quantitative estimate of drug-likeness (QED) is 0.747. The van der Waals surface area contributed by atoms with E-state index in [1.807, 2.05) is 36.5 Å². The van der Waals surface area contributed by atoms with Crippen molar-refractivity contribution in [1.82, 2.24) is 10.2 Å². The van der Waals surface area contributed by atoms with Crippen LogP contribution in [0.4, 0.5) is 0 Å². The molecule has 0 radical (unpaired) electrons. The first-order valence-corrected chi connectivity index (χ1v) is 5.26. The SMILES string of the molecule is N#CN1CC(NC(=O)Cc2ccccc2)C1. The number of likely N-dealkylation sites (tertiary alicyclic amines) is 1. The van der Waals surface area contributed by atoms with Crippen molar-refractivity contribution < 1.29 is 4.79 Å². The molecule has 0 unspecified atom stereocenters. The molecule has 1 aromatic rings. The van der Waals surface area contributed by atoms with Gasteiger partial charge in [0.25, 0.3) is 0 Å². The van der Waals surface area contributed by atoms with Crippen molar-refractivity contribution in [3.8, 4) is 6.19 Å². The number of nitriles is 1. The second kappa shape index (κ2) is 4.67. The number of hydrogen-bond acceptors (Lipinski definition) is 3. The Kier molecular flexibility index (Phi) is 3.06. The zero-order chi connectivity index (χ0) is 11.4. The number of carbonyl (C=O) groups excluding carboxylic acids is 1. The molecule has 1 N–H and O–H groups in total. The molecule has 1 amide bonds. The summed E-state index contributed by atoms with van der Waals surface area (Å²) in [5.74, 6) is 0.0220. The van der Waals surface area contributed by atoms with Crippen LogP contribution in [0.2, 0.25) is 0 Å². The minimum absolute atomic E-state index is 0.0220. The van der Waals surface area contributed by atoms with Crippen LogP contribution in [-0.4, -0.2) is 29.9 Å². The van der Waals surface area contributed by atoms with E-state index < -0.39 is 0 Å². The van der Waals surface area contributed by atoms with Crippen LogP contribution in [0.1, 0.15) is 5.56 Å². The Bertz CT molecular complexity index is 404. The van der Waals surface area contributed by atoms with Crippen LogP contribution >= 0.6 is 0 Å². The Balaban J connectivity index is 1.76. The third kappa shape index (κ3) is 2.51. The molecule has 1 fully saturated rings. The summed E-state index contributed by atoms with van der Waals surface area (Å²) in [6.45, 7) is 1.27. The zero-order valence-electron chi connectivity index (χ0n) is 8.89. The lowest BCUT2D eigenvalue weighted by Crippen LogP contribution is -2.57. The number of nitrogens with zero attached hydrogens (tertiary/aromatic N) is 2. The van der Waals surface area contributed by atoms with Gasteiger partial charge in [-0.25, -0.2) is 0 Å². The van der Waals surface area contributed by atoms with E-state index in [2.05, 4.69) is 5.32 Å². The van der Waals surface area contributed by atoms with E-state index >= 15 is 0 Å². The van der Waals surface area contributed by atoms with Crippen LogP contribution in [-0.2, 0) is 11.2 Å². The van der Waals surface area contributed by atoms with E-state index in [4.69, 9.17) is 5.26 Å². The Hall–Kier alpha value is -2.02. The summed E-state index contributed by atoms with van der Waals surface area (Å²) in [7, 11) is 0. The third-order valence-corrected chi connectivity index (χ3v) is 2.60. The van der Waals surface area contributed by atoms with Crippen molar-refractivity contribution in [3.05, 3.63) is 35.9 Å². The molecule has 1 saturated heterocycles. The first-order chi connectivity index (χ1) is 7.78. The first kappa shape index (κ1) is 10.5. The molecular weight excluding hydrogens is 202 g/mol. The third-order valence-electron chi connectivity index (χ3n) is 2.60. The number of benzene rings is 1. The molecule has 1 heterocycles. The van der Waals surface area contributed by atoms with Gasteiger partial charge in [0.05, 0.1) is 25.6 Å². The van der Waals surface area contributed by atoms with Gasteiger partial charge in [-0.3, -0.25) is 4.79 Å². The lowest BCUT2D eigenvalue weighted by atomic mass is 10.1. The Labute approximate surface area is 94.5 Å². The van der Waals surface area contributed by atoms with Gasteiger partial charge in [-0.05, 0) is 5.56 Å². The van der Waals surface area contributed by atoms with Gasteiger partial charge in [0.2, 0.25) is 5.91 Å². The average molecular weight is 215 g/mol. The van der Waals surface area contributed by atoms with Crippen molar-refractivity contribution in [2.75, 3.05) is 13.1 Å². The number of amides is 1. The maximum absolute atomic E-state index is 11.6. The molecule has 1 aliphatic heterocycles. The van der Waals surface area contributed by atoms with Crippen molar-refractivity contribution in [2.24, 2.45) is 0 Å². The van der Waals surface area contributed by atoms with Gasteiger partial charge in [0.15, 0.2) is 6.19 Å². The first-order valence-electron chi connectivity index (χ1n) is 5.26. The van der Waals surface area contributed by atoms with Crippen LogP contribution in [0, 0.1) is 11.5 Å². The highest BCUT2D eigenvalue weighted by atomic mass is 16.1. The summed E-state index contributed by atoms with van der Waals surface area (Å²) >= 11 is 0. The molecule has 0 aromatic heterocycles. The highest BCUT2D eigenvalue weighted by molar-refractivity contribution is 5.79. The van der Waals surface area contributed by atoms with Gasteiger partial charge < -0.3 is 10.2 Å². The fraction of sp³-hybridized carbons (Fsp3) is 0.333. The average Bonchev–Trinajstić information content (AvgIpc) is 2.24. The van der Waals surface area contributed by atoms with Gasteiger partial charge in [-0.2, -0.15) is 5.26 Å². The maximum atomic E-state index is 11.6. The highest BCUT2D eigenvalue weighted by Crippen LogP contribution is 2.06. The highest BCUT2D eigenvalue weighted by Gasteiger charge is 2.26. The van der Waals surface area contributed by atoms with Crippen LogP contribution in [0.3, 0.4) is 0 Å². The number of rotatable bonds is 3. The van der Waals surface area contributed by atoms with E-state index in [9.17, 15) is 4.79 Å². The van der Waals surface area contributed by atoms with Gasteiger partial charge in [0.1, 0.15) is 0 Å². The normalized spacial score (nSPS) is 15.1. The van der Waals surface area contributed by atoms with Crippen LogP contribution in [0.5, 0.6) is 0 Å². The molecule has 82 valence electrons. The minimum atomic E-state index is 0.0220. The zero-order valence-corrected chi connectivity index (χ0v) is 8.89. The molecule has 1 aliphatic rings. The molecule has 16 heavy (non-hydrogen) atoms. The van der Waals surface area contributed by atoms with Gasteiger partial charge in [0, 0.05) is 0 Å². The lowest BCUT2D eigenvalue weighted by molar-refractivity contribution is -0.122. The summed E-state index contributed by atoms with van der Waals surface area (Å²) < 4.78 is 0. The molecule has 0 aliphatic carbocycles. The van der Waals surface area contributed by atoms with Crippen LogP contribution in [0.15, 0.2) is 30.3 Å². The molecule has 0 saturated carbocycles. The summed E-state index contributed by atoms with van der Waals surface area (Å²) in [5, 5.41) is 11.4. The lowest BCUT2D eigenvalue weighted by Gasteiger charge is -2.35. The van der Waals surface area contributed by atoms with E-state index in [-0.39, 0.29) is 11.9 Å². The number of nitrogens with one attached hydrogen (secondary N) is 1. The summed E-state index contributed by atoms with van der Waals surface area (Å²) in [6, 6.07) is 9.77. The molecule has 0 bridgehead atoms. The second-order valence-electron chi connectivity index (χ2n) is 3.93. The fourth-order valence-electron chi connectivity index (χ4n) is 1.71. The molecule has 4 heteroatoms. The monoisotopic (exact) mass is 215 g/mol. The minimum Gasteiger partial charge on any atom is -0.349 e. The van der Waals surface area contributed by atoms with Gasteiger partial charge >= 0.3 is 0 Å². The molecular formula is C12H13N3O. The predicted octanol–water partition coefficient (Wildman–Crippen LogP) is 0.511. The molecule has 1 aromatic carbocycles. The number of carbonyl (C=O) groups is 1.